The number of hydrogen-bond donors (Lipinski definition) is 0. The van der Waals surface area contributed by atoms with Crippen molar-refractivity contribution in [2.75, 3.05) is 37.6 Å². The Morgan fingerprint density at radius 2 is 1.68 bits per heavy atom. The lowest BCUT2D eigenvalue weighted by Crippen LogP contribution is -2.48. The van der Waals surface area contributed by atoms with Gasteiger partial charge in [0.25, 0.3) is 11.8 Å². The van der Waals surface area contributed by atoms with Crippen molar-refractivity contribution < 1.29 is 14.0 Å². The number of anilines is 1. The Kier molecular flexibility index (Phi) is 8.60. The number of benzene rings is 2. The highest BCUT2D eigenvalue weighted by Crippen LogP contribution is 2.23. The van der Waals surface area contributed by atoms with Crippen LogP contribution in [-0.4, -0.2) is 58.9 Å². The minimum absolute atomic E-state index is 0.0807. The Bertz CT molecular complexity index is 1470. The van der Waals surface area contributed by atoms with Crippen LogP contribution in [0.4, 0.5) is 5.69 Å². The van der Waals surface area contributed by atoms with Crippen LogP contribution in [0.1, 0.15) is 51.3 Å². The Morgan fingerprint density at radius 3 is 2.42 bits per heavy atom. The van der Waals surface area contributed by atoms with Gasteiger partial charge in [-0.2, -0.15) is 0 Å². The van der Waals surface area contributed by atoms with Crippen LogP contribution in [0.3, 0.4) is 0 Å². The molecule has 2 aromatic carbocycles. The molecule has 1 aliphatic rings. The summed E-state index contributed by atoms with van der Waals surface area (Å²) in [5, 5.41) is 0.452. The molecule has 0 bridgehead atoms. The van der Waals surface area contributed by atoms with Crippen LogP contribution in [0.5, 0.6) is 0 Å². The summed E-state index contributed by atoms with van der Waals surface area (Å²) in [4.78, 5) is 32.5. The quantitative estimate of drug-likeness (QED) is 0.249. The molecule has 2 amide bonds. The average Bonchev–Trinajstić information content (AvgIpc) is 3.62. The van der Waals surface area contributed by atoms with Gasteiger partial charge in [-0.1, -0.05) is 48.9 Å². The zero-order valence-corrected chi connectivity index (χ0v) is 23.8. The summed E-state index contributed by atoms with van der Waals surface area (Å²) >= 11 is 6.31. The van der Waals surface area contributed by atoms with Gasteiger partial charge in [-0.3, -0.25) is 9.59 Å². The van der Waals surface area contributed by atoms with Crippen molar-refractivity contribution in [3.8, 4) is 0 Å². The predicted octanol–water partition coefficient (Wildman–Crippen LogP) is 6.11. The van der Waals surface area contributed by atoms with Crippen LogP contribution in [0, 0.1) is 6.92 Å². The second-order valence-corrected chi connectivity index (χ2v) is 10.6. The van der Waals surface area contributed by atoms with Gasteiger partial charge in [0, 0.05) is 50.3 Å². The maximum absolute atomic E-state index is 13.3. The van der Waals surface area contributed by atoms with Crippen LogP contribution < -0.4 is 4.90 Å². The molecular formula is C32H35ClN4O3. The molecule has 2 aromatic heterocycles. The summed E-state index contributed by atoms with van der Waals surface area (Å²) in [5.41, 5.74) is 3.95. The summed E-state index contributed by atoms with van der Waals surface area (Å²) in [6.45, 7) is 8.58. The van der Waals surface area contributed by atoms with E-state index in [-0.39, 0.29) is 11.8 Å². The van der Waals surface area contributed by atoms with Gasteiger partial charge in [-0.15, -0.1) is 0 Å². The Hall–Kier alpha value is -3.97. The lowest BCUT2D eigenvalue weighted by molar-refractivity contribution is 0.0710. The smallest absolute Gasteiger partial charge is 0.289 e. The largest absolute Gasteiger partial charge is 0.454 e. The fourth-order valence-corrected chi connectivity index (χ4v) is 5.46. The molecule has 208 valence electrons. The first-order valence-electron chi connectivity index (χ1n) is 13.8. The molecule has 0 atom stereocenters. The lowest BCUT2D eigenvalue weighted by Gasteiger charge is -2.36. The topological polar surface area (TPSA) is 61.9 Å². The van der Waals surface area contributed by atoms with Crippen LogP contribution in [0.25, 0.3) is 0 Å². The first kappa shape index (κ1) is 27.6. The van der Waals surface area contributed by atoms with E-state index in [9.17, 15) is 9.59 Å². The molecule has 0 spiro atoms. The van der Waals surface area contributed by atoms with E-state index in [4.69, 9.17) is 16.0 Å². The third kappa shape index (κ3) is 6.10. The number of carbonyl (C=O) groups excluding carboxylic acids is 2. The van der Waals surface area contributed by atoms with E-state index in [1.54, 1.807) is 18.2 Å². The van der Waals surface area contributed by atoms with Gasteiger partial charge in [0.15, 0.2) is 5.76 Å². The number of aromatic nitrogens is 1. The van der Waals surface area contributed by atoms with Crippen molar-refractivity contribution >= 4 is 29.1 Å². The highest BCUT2D eigenvalue weighted by molar-refractivity contribution is 6.33. The fraction of sp³-hybridized carbons (Fsp3) is 0.312. The molecule has 7 nitrogen and oxygen atoms in total. The highest BCUT2D eigenvalue weighted by Gasteiger charge is 2.25. The zero-order chi connectivity index (χ0) is 28.1. The van der Waals surface area contributed by atoms with Crippen LogP contribution in [-0.2, 0) is 13.1 Å². The first-order valence-corrected chi connectivity index (χ1v) is 14.2. The standard InChI is InChI=1S/C32H35ClN4O3/c1-3-16-37(31(38)27-11-5-6-12-28(27)33)22-25-10-8-17-36(25)23-26-14-15-30(40-26)32(39)35-20-18-34(19-21-35)29-13-7-4-9-24(29)2/h4-15,17H,3,16,18-23H2,1-2H3. The number of nitrogens with zero attached hydrogens (tertiary/aromatic N) is 4. The Morgan fingerprint density at radius 1 is 0.925 bits per heavy atom. The van der Waals surface area contributed by atoms with Crippen molar-refractivity contribution in [3.63, 3.8) is 0 Å². The molecule has 1 fully saturated rings. The first-order chi connectivity index (χ1) is 19.4. The highest BCUT2D eigenvalue weighted by atomic mass is 35.5. The van der Waals surface area contributed by atoms with Gasteiger partial charge in [0.05, 0.1) is 23.7 Å². The van der Waals surface area contributed by atoms with Gasteiger partial charge < -0.3 is 23.7 Å². The summed E-state index contributed by atoms with van der Waals surface area (Å²) in [6.07, 6.45) is 2.80. The molecule has 0 aliphatic carbocycles. The molecule has 0 saturated carbocycles. The fourth-order valence-electron chi connectivity index (χ4n) is 5.24. The van der Waals surface area contributed by atoms with E-state index in [2.05, 4.69) is 41.5 Å². The second kappa shape index (κ2) is 12.5. The molecular weight excluding hydrogens is 524 g/mol. The van der Waals surface area contributed by atoms with Gasteiger partial charge in [0.1, 0.15) is 5.76 Å². The van der Waals surface area contributed by atoms with E-state index >= 15 is 0 Å². The van der Waals surface area contributed by atoms with Gasteiger partial charge >= 0.3 is 0 Å². The van der Waals surface area contributed by atoms with Crippen LogP contribution in [0.2, 0.25) is 5.02 Å². The lowest BCUT2D eigenvalue weighted by atomic mass is 10.1. The number of piperazine rings is 1. The number of para-hydroxylation sites is 1. The molecule has 40 heavy (non-hydrogen) atoms. The number of amides is 2. The van der Waals surface area contributed by atoms with Crippen LogP contribution >= 0.6 is 11.6 Å². The number of halogens is 1. The SMILES string of the molecule is CCCN(Cc1cccn1Cc1ccc(C(=O)N2CCN(c3ccccc3C)CC2)o1)C(=O)c1ccccc1Cl. The minimum Gasteiger partial charge on any atom is -0.454 e. The number of rotatable bonds is 9. The van der Waals surface area contributed by atoms with Crippen LogP contribution in [0.15, 0.2) is 83.4 Å². The van der Waals surface area contributed by atoms with Crippen molar-refractivity contribution in [3.05, 3.63) is 112 Å². The summed E-state index contributed by atoms with van der Waals surface area (Å²) in [6, 6.07) is 23.1. The van der Waals surface area contributed by atoms with Crippen molar-refractivity contribution in [2.24, 2.45) is 0 Å². The Labute approximate surface area is 240 Å². The maximum Gasteiger partial charge on any atom is 0.289 e. The monoisotopic (exact) mass is 558 g/mol. The van der Waals surface area contributed by atoms with Gasteiger partial charge in [-0.05, 0) is 61.4 Å². The molecule has 1 saturated heterocycles. The number of furan rings is 1. The zero-order valence-electron chi connectivity index (χ0n) is 23.1. The number of hydrogen-bond acceptors (Lipinski definition) is 4. The number of carbonyl (C=O) groups is 2. The molecule has 0 radical (unpaired) electrons. The molecule has 5 rings (SSSR count). The average molecular weight is 559 g/mol. The van der Waals surface area contributed by atoms with E-state index in [1.807, 2.05) is 52.4 Å². The molecule has 4 aromatic rings. The normalized spacial score (nSPS) is 13.5. The molecule has 1 aliphatic heterocycles. The minimum atomic E-state index is -0.0893. The van der Waals surface area contributed by atoms with E-state index in [0.29, 0.717) is 54.8 Å². The van der Waals surface area contributed by atoms with E-state index < -0.39 is 0 Å². The predicted molar refractivity (Wildman–Crippen MR) is 158 cm³/mol. The van der Waals surface area contributed by atoms with Gasteiger partial charge in [0.2, 0.25) is 0 Å². The maximum atomic E-state index is 13.3. The number of aryl methyl sites for hydroxylation is 1. The Balaban J connectivity index is 1.22. The molecule has 3 heterocycles. The summed E-state index contributed by atoms with van der Waals surface area (Å²) in [7, 11) is 0. The van der Waals surface area contributed by atoms with E-state index in [1.165, 1.54) is 11.3 Å². The van der Waals surface area contributed by atoms with Gasteiger partial charge in [-0.25, -0.2) is 0 Å². The van der Waals surface area contributed by atoms with E-state index in [0.717, 1.165) is 25.2 Å². The molecule has 0 unspecified atom stereocenters. The van der Waals surface area contributed by atoms with Crippen molar-refractivity contribution in [1.29, 1.82) is 0 Å². The molecule has 8 heteroatoms. The third-order valence-corrected chi connectivity index (χ3v) is 7.71. The third-order valence-electron chi connectivity index (χ3n) is 7.38. The van der Waals surface area contributed by atoms with Crippen molar-refractivity contribution in [2.45, 2.75) is 33.4 Å². The molecule has 0 N–H and O–H groups in total. The summed E-state index contributed by atoms with van der Waals surface area (Å²) in [5.74, 6) is 0.879. The second-order valence-electron chi connectivity index (χ2n) is 10.2. The summed E-state index contributed by atoms with van der Waals surface area (Å²) < 4.78 is 8.07. The van der Waals surface area contributed by atoms with Crippen molar-refractivity contribution in [1.82, 2.24) is 14.4 Å².